The molecule has 0 atom stereocenters. The summed E-state index contributed by atoms with van der Waals surface area (Å²) in [7, 11) is 2.19. The minimum atomic E-state index is 1.09. The van der Waals surface area contributed by atoms with Gasteiger partial charge in [0.2, 0.25) is 0 Å². The topological polar surface area (TPSA) is 9.72 Å². The number of fused-ring (bicyclic) bond motifs is 1. The molecule has 0 spiro atoms. The van der Waals surface area contributed by atoms with Crippen LogP contribution in [0.5, 0.6) is 0 Å². The van der Waals surface area contributed by atoms with Gasteiger partial charge in [-0.15, -0.1) is 0 Å². The van der Waals surface area contributed by atoms with Crippen molar-refractivity contribution in [3.63, 3.8) is 0 Å². The Morgan fingerprint density at radius 2 is 2.08 bits per heavy atom. The molecule has 4 heteroatoms. The van der Waals surface area contributed by atoms with Gasteiger partial charge < -0.3 is 12.9 Å². The summed E-state index contributed by atoms with van der Waals surface area (Å²) in [4.78, 5) is 4.87. The van der Waals surface area contributed by atoms with E-state index >= 15 is 0 Å². The Morgan fingerprint density at radius 1 is 1.23 bits per heavy atom. The Kier molecular flexibility index (Phi) is 2.98. The Balaban J connectivity index is 2.12. The first kappa shape index (κ1) is 9.58. The van der Waals surface area contributed by atoms with Crippen LogP contribution in [0.4, 0.5) is 0 Å². The Morgan fingerprint density at radius 3 is 2.92 bits per heavy atom. The van der Waals surface area contributed by atoms with E-state index < -0.39 is 0 Å². The fourth-order valence-electron chi connectivity index (χ4n) is 1.86. The molecule has 2 heterocycles. The molecule has 3 nitrogen and oxygen atoms in total. The van der Waals surface area contributed by atoms with Gasteiger partial charge in [-0.2, -0.15) is 0 Å². The summed E-state index contributed by atoms with van der Waals surface area (Å²) >= 11 is 2.42. The van der Waals surface area contributed by atoms with E-state index in [-0.39, 0.29) is 0 Å². The number of nitrogens with zero attached hydrogens (tertiary/aromatic N) is 3. The summed E-state index contributed by atoms with van der Waals surface area (Å²) in [5, 5.41) is 0. The predicted molar refractivity (Wildman–Crippen MR) is 62.5 cm³/mol. The van der Waals surface area contributed by atoms with Crippen molar-refractivity contribution in [3.8, 4) is 0 Å². The quantitative estimate of drug-likeness (QED) is 0.490. The maximum absolute atomic E-state index is 2.50. The molecule has 0 N–H and O–H groups in total. The first-order valence-corrected chi connectivity index (χ1v) is 5.81. The molecule has 1 saturated heterocycles. The number of hydrogen-bond acceptors (Lipinski definition) is 3. The van der Waals surface area contributed by atoms with Gasteiger partial charge in [-0.3, -0.25) is 0 Å². The molecular formula is C9H16IN3. The van der Waals surface area contributed by atoms with E-state index in [1.807, 2.05) is 0 Å². The van der Waals surface area contributed by atoms with Crippen molar-refractivity contribution >= 4 is 22.9 Å². The van der Waals surface area contributed by atoms with E-state index in [1.54, 1.807) is 0 Å². The van der Waals surface area contributed by atoms with Gasteiger partial charge in [0.25, 0.3) is 0 Å². The molecule has 2 aliphatic rings. The van der Waals surface area contributed by atoms with Gasteiger partial charge in [0.1, 0.15) is 5.82 Å². The second-order valence-electron chi connectivity index (χ2n) is 3.75. The van der Waals surface area contributed by atoms with Crippen LogP contribution in [-0.4, -0.2) is 52.7 Å². The Labute approximate surface area is 93.9 Å². The van der Waals surface area contributed by atoms with Gasteiger partial charge in [0.05, 0.1) is 22.9 Å². The second-order valence-corrected chi connectivity index (χ2v) is 4.92. The SMILES string of the molecule is CN1CC=C2N(I)CCCN2CC1. The Hall–Kier alpha value is 0.0300. The predicted octanol–water partition coefficient (Wildman–Crippen LogP) is 1.13. The minimum absolute atomic E-state index is 1.09. The molecule has 2 rings (SSSR count). The second kappa shape index (κ2) is 4.04. The summed E-state index contributed by atoms with van der Waals surface area (Å²) in [6, 6.07) is 0. The van der Waals surface area contributed by atoms with Crippen molar-refractivity contribution in [2.75, 3.05) is 39.8 Å². The third-order valence-electron chi connectivity index (χ3n) is 2.69. The lowest BCUT2D eigenvalue weighted by atomic mass is 10.3. The lowest BCUT2D eigenvalue weighted by Gasteiger charge is -2.36. The van der Waals surface area contributed by atoms with Crippen LogP contribution in [0.25, 0.3) is 0 Å². The number of rotatable bonds is 0. The van der Waals surface area contributed by atoms with E-state index in [1.165, 1.54) is 38.4 Å². The standard InChI is InChI=1S/C9H16IN3/c1-11-6-3-9-12(8-7-11)4-2-5-13(9)10/h3H,2,4-8H2,1H3. The van der Waals surface area contributed by atoms with Crippen molar-refractivity contribution in [2.45, 2.75) is 6.42 Å². The largest absolute Gasteiger partial charge is 0.357 e. The molecule has 0 aromatic rings. The third kappa shape index (κ3) is 2.10. The highest BCUT2D eigenvalue weighted by Crippen LogP contribution is 2.22. The Bertz CT molecular complexity index is 217. The lowest BCUT2D eigenvalue weighted by molar-refractivity contribution is 0.229. The van der Waals surface area contributed by atoms with Crippen molar-refractivity contribution < 1.29 is 0 Å². The van der Waals surface area contributed by atoms with E-state index in [0.717, 1.165) is 6.54 Å². The van der Waals surface area contributed by atoms with Crippen LogP contribution in [0.3, 0.4) is 0 Å². The van der Waals surface area contributed by atoms with E-state index in [0.29, 0.717) is 0 Å². The normalized spacial score (nSPS) is 25.2. The van der Waals surface area contributed by atoms with Crippen LogP contribution in [0.1, 0.15) is 6.42 Å². The van der Waals surface area contributed by atoms with Crippen LogP contribution in [0.15, 0.2) is 11.9 Å². The monoisotopic (exact) mass is 293 g/mol. The first-order chi connectivity index (χ1) is 6.27. The molecule has 74 valence electrons. The molecular weight excluding hydrogens is 277 g/mol. The average Bonchev–Trinajstić information content (AvgIpc) is 2.30. The number of likely N-dealkylation sites (N-methyl/N-ethyl adjacent to an activating group) is 1. The van der Waals surface area contributed by atoms with Crippen LogP contribution in [-0.2, 0) is 0 Å². The van der Waals surface area contributed by atoms with E-state index in [2.05, 4.69) is 48.9 Å². The first-order valence-electron chi connectivity index (χ1n) is 4.84. The zero-order valence-corrected chi connectivity index (χ0v) is 10.2. The summed E-state index contributed by atoms with van der Waals surface area (Å²) < 4.78 is 2.35. The van der Waals surface area contributed by atoms with Gasteiger partial charge in [-0.05, 0) is 19.5 Å². The molecule has 2 aliphatic heterocycles. The molecule has 1 fully saturated rings. The van der Waals surface area contributed by atoms with Gasteiger partial charge in [0.15, 0.2) is 0 Å². The van der Waals surface area contributed by atoms with E-state index in [4.69, 9.17) is 0 Å². The number of halogens is 1. The molecule has 0 aromatic carbocycles. The zero-order chi connectivity index (χ0) is 9.26. The summed E-state index contributed by atoms with van der Waals surface area (Å²) in [6.07, 6.45) is 3.64. The highest BCUT2D eigenvalue weighted by atomic mass is 127. The molecule has 0 unspecified atom stereocenters. The molecule has 0 radical (unpaired) electrons. The van der Waals surface area contributed by atoms with Crippen LogP contribution in [0, 0.1) is 0 Å². The molecule has 0 aliphatic carbocycles. The highest BCUT2D eigenvalue weighted by Gasteiger charge is 2.21. The van der Waals surface area contributed by atoms with Gasteiger partial charge in [-0.25, -0.2) is 0 Å². The zero-order valence-electron chi connectivity index (χ0n) is 8.04. The minimum Gasteiger partial charge on any atom is -0.357 e. The van der Waals surface area contributed by atoms with Crippen LogP contribution in [0.2, 0.25) is 0 Å². The molecule has 0 bridgehead atoms. The summed E-state index contributed by atoms with van der Waals surface area (Å²) in [5.41, 5.74) is 0. The van der Waals surface area contributed by atoms with Crippen molar-refractivity contribution in [2.24, 2.45) is 0 Å². The maximum atomic E-state index is 2.50. The highest BCUT2D eigenvalue weighted by molar-refractivity contribution is 14.1. The molecule has 13 heavy (non-hydrogen) atoms. The molecule has 0 amide bonds. The third-order valence-corrected chi connectivity index (χ3v) is 3.67. The fraction of sp³-hybridized carbons (Fsp3) is 0.778. The van der Waals surface area contributed by atoms with Gasteiger partial charge in [0, 0.05) is 32.7 Å². The van der Waals surface area contributed by atoms with Gasteiger partial charge >= 0.3 is 0 Å². The molecule has 0 saturated carbocycles. The van der Waals surface area contributed by atoms with Gasteiger partial charge in [-0.1, -0.05) is 0 Å². The molecule has 0 aromatic heterocycles. The summed E-state index contributed by atoms with van der Waals surface area (Å²) in [6.45, 7) is 5.89. The number of hydrogen-bond donors (Lipinski definition) is 0. The fourth-order valence-corrected chi connectivity index (χ4v) is 2.70. The smallest absolute Gasteiger partial charge is 0.110 e. The van der Waals surface area contributed by atoms with Crippen LogP contribution >= 0.6 is 22.9 Å². The van der Waals surface area contributed by atoms with E-state index in [9.17, 15) is 0 Å². The lowest BCUT2D eigenvalue weighted by Crippen LogP contribution is -2.39. The summed E-state index contributed by atoms with van der Waals surface area (Å²) in [5.74, 6) is 1.43. The van der Waals surface area contributed by atoms with Crippen molar-refractivity contribution in [1.82, 2.24) is 12.9 Å². The van der Waals surface area contributed by atoms with Crippen molar-refractivity contribution in [1.29, 1.82) is 0 Å². The van der Waals surface area contributed by atoms with Crippen molar-refractivity contribution in [3.05, 3.63) is 11.9 Å². The van der Waals surface area contributed by atoms with Crippen LogP contribution < -0.4 is 0 Å². The maximum Gasteiger partial charge on any atom is 0.110 e. The average molecular weight is 293 g/mol.